The molecule has 11 nitrogen and oxygen atoms in total. The van der Waals surface area contributed by atoms with Gasteiger partial charge in [-0.25, -0.2) is 0 Å². The summed E-state index contributed by atoms with van der Waals surface area (Å²) in [7, 11) is 1.24. The molecule has 7 N–H and O–H groups in total. The molecule has 0 spiro atoms. The Morgan fingerprint density at radius 3 is 1.79 bits per heavy atom. The molecule has 11 heteroatoms. The molecule has 0 aliphatic carbocycles. The van der Waals surface area contributed by atoms with Crippen LogP contribution in [0.3, 0.4) is 0 Å². The largest absolute Gasteiger partial charge is 0.394 e. The Balaban J connectivity index is 2.14. The predicted molar refractivity (Wildman–Crippen MR) is 73.4 cm³/mol. The maximum Gasteiger partial charge on any atom is 0.187 e. The number of rotatable bonds is 5. The van der Waals surface area contributed by atoms with Gasteiger partial charge in [-0.2, -0.15) is 0 Å². The molecule has 2 saturated heterocycles. The molecule has 0 unspecified atom stereocenters. The Labute approximate surface area is 137 Å². The van der Waals surface area contributed by atoms with Gasteiger partial charge in [0.2, 0.25) is 0 Å². The van der Waals surface area contributed by atoms with Crippen LogP contribution in [-0.4, -0.2) is 117 Å². The molecule has 0 amide bonds. The number of hydrogen-bond donors (Lipinski definition) is 7. The zero-order valence-corrected chi connectivity index (χ0v) is 13.0. The van der Waals surface area contributed by atoms with Gasteiger partial charge >= 0.3 is 0 Å². The van der Waals surface area contributed by atoms with Crippen LogP contribution < -0.4 is 0 Å². The van der Waals surface area contributed by atoms with Gasteiger partial charge in [0, 0.05) is 7.11 Å². The van der Waals surface area contributed by atoms with E-state index in [0.717, 1.165) is 0 Å². The second-order valence-electron chi connectivity index (χ2n) is 5.74. The molecule has 0 saturated carbocycles. The second kappa shape index (κ2) is 8.29. The van der Waals surface area contributed by atoms with Gasteiger partial charge in [0.15, 0.2) is 12.6 Å². The molecule has 10 atom stereocenters. The van der Waals surface area contributed by atoms with Gasteiger partial charge in [0.1, 0.15) is 48.8 Å². The number of methoxy groups -OCH3 is 1. The zero-order chi connectivity index (χ0) is 18.0. The molecule has 2 heterocycles. The van der Waals surface area contributed by atoms with Crippen molar-refractivity contribution in [1.29, 1.82) is 0 Å². The molecule has 24 heavy (non-hydrogen) atoms. The number of hydrogen-bond acceptors (Lipinski definition) is 11. The molecule has 2 rings (SSSR count). The van der Waals surface area contributed by atoms with Crippen LogP contribution >= 0.6 is 0 Å². The summed E-state index contributed by atoms with van der Waals surface area (Å²) in [5.41, 5.74) is 0. The monoisotopic (exact) mass is 356 g/mol. The maximum atomic E-state index is 10.2. The van der Waals surface area contributed by atoms with E-state index in [9.17, 15) is 30.6 Å². The highest BCUT2D eigenvalue weighted by atomic mass is 16.7. The fourth-order valence-electron chi connectivity index (χ4n) is 2.74. The van der Waals surface area contributed by atoms with E-state index >= 15 is 0 Å². The number of ether oxygens (including phenoxy) is 4. The quantitative estimate of drug-likeness (QED) is 0.251. The molecule has 2 aliphatic heterocycles. The van der Waals surface area contributed by atoms with Crippen LogP contribution in [0.4, 0.5) is 0 Å². The van der Waals surface area contributed by atoms with Gasteiger partial charge in [-0.1, -0.05) is 0 Å². The summed E-state index contributed by atoms with van der Waals surface area (Å²) < 4.78 is 20.6. The molecule has 0 aromatic carbocycles. The van der Waals surface area contributed by atoms with E-state index in [1.165, 1.54) is 7.11 Å². The molecular formula is C13H24O11. The molecule has 0 radical (unpaired) electrons. The third-order valence-electron chi connectivity index (χ3n) is 4.19. The molecule has 2 aliphatic rings. The van der Waals surface area contributed by atoms with E-state index in [2.05, 4.69) is 0 Å². The van der Waals surface area contributed by atoms with Crippen molar-refractivity contribution in [3.05, 3.63) is 0 Å². The first-order valence-corrected chi connectivity index (χ1v) is 7.46. The van der Waals surface area contributed by atoms with Crippen LogP contribution in [-0.2, 0) is 18.9 Å². The highest BCUT2D eigenvalue weighted by Crippen LogP contribution is 2.29. The molecule has 142 valence electrons. The minimum atomic E-state index is -1.70. The standard InChI is InChI=1S/C13H24O11/c1-21-12-10(20)11(7(17)5(3-15)22-12)24-13-9(19)8(18)6(16)4(2-14)23-13/h4-20H,2-3H2,1H3/t4-,5-,6+,7+,8+,9+,10+,11+,12+,13-/m1/s1. The summed E-state index contributed by atoms with van der Waals surface area (Å²) in [5.74, 6) is 0. The average molecular weight is 356 g/mol. The predicted octanol–water partition coefficient (Wildman–Crippen LogP) is -4.74. The van der Waals surface area contributed by atoms with E-state index < -0.39 is 74.6 Å². The number of aliphatic hydroxyl groups is 7. The Kier molecular flexibility index (Phi) is 6.87. The van der Waals surface area contributed by atoms with Crippen LogP contribution in [0, 0.1) is 0 Å². The van der Waals surface area contributed by atoms with Crippen molar-refractivity contribution in [3.63, 3.8) is 0 Å². The Bertz CT molecular complexity index is 378. The van der Waals surface area contributed by atoms with Gasteiger partial charge in [-0.05, 0) is 0 Å². The van der Waals surface area contributed by atoms with Crippen molar-refractivity contribution >= 4 is 0 Å². The second-order valence-corrected chi connectivity index (χ2v) is 5.74. The zero-order valence-electron chi connectivity index (χ0n) is 13.0. The molecule has 0 bridgehead atoms. The van der Waals surface area contributed by atoms with E-state index in [0.29, 0.717) is 0 Å². The summed E-state index contributed by atoms with van der Waals surface area (Å²) in [6, 6.07) is 0. The number of aliphatic hydroxyl groups excluding tert-OH is 7. The third-order valence-corrected chi connectivity index (χ3v) is 4.19. The third kappa shape index (κ3) is 3.71. The van der Waals surface area contributed by atoms with Gasteiger partial charge in [0.05, 0.1) is 13.2 Å². The topological polar surface area (TPSA) is 179 Å². The average Bonchev–Trinajstić information content (AvgIpc) is 2.58. The van der Waals surface area contributed by atoms with Crippen molar-refractivity contribution in [1.82, 2.24) is 0 Å². The van der Waals surface area contributed by atoms with Gasteiger partial charge < -0.3 is 54.7 Å². The summed E-state index contributed by atoms with van der Waals surface area (Å²) >= 11 is 0. The van der Waals surface area contributed by atoms with Crippen LogP contribution in [0.5, 0.6) is 0 Å². The summed E-state index contributed by atoms with van der Waals surface area (Å²) in [4.78, 5) is 0. The Morgan fingerprint density at radius 2 is 1.25 bits per heavy atom. The van der Waals surface area contributed by atoms with Crippen molar-refractivity contribution < 1.29 is 54.7 Å². The van der Waals surface area contributed by atoms with E-state index in [1.807, 2.05) is 0 Å². The maximum absolute atomic E-state index is 10.2. The lowest BCUT2D eigenvalue weighted by Crippen LogP contribution is -2.64. The van der Waals surface area contributed by atoms with Crippen molar-refractivity contribution in [2.45, 2.75) is 61.4 Å². The van der Waals surface area contributed by atoms with Gasteiger partial charge in [-0.15, -0.1) is 0 Å². The molecule has 0 aromatic rings. The van der Waals surface area contributed by atoms with E-state index in [1.54, 1.807) is 0 Å². The van der Waals surface area contributed by atoms with E-state index in [4.69, 9.17) is 24.1 Å². The highest BCUT2D eigenvalue weighted by molar-refractivity contribution is 4.93. The van der Waals surface area contributed by atoms with Crippen LogP contribution in [0.2, 0.25) is 0 Å². The van der Waals surface area contributed by atoms with E-state index in [-0.39, 0.29) is 0 Å². The minimum absolute atomic E-state index is 0.581. The van der Waals surface area contributed by atoms with Crippen LogP contribution in [0.25, 0.3) is 0 Å². The van der Waals surface area contributed by atoms with Crippen molar-refractivity contribution in [3.8, 4) is 0 Å². The summed E-state index contributed by atoms with van der Waals surface area (Å²) in [6.45, 7) is -1.23. The lowest BCUT2D eigenvalue weighted by Gasteiger charge is -2.45. The molecule has 2 fully saturated rings. The first-order valence-electron chi connectivity index (χ1n) is 7.46. The van der Waals surface area contributed by atoms with Crippen LogP contribution in [0.15, 0.2) is 0 Å². The normalized spacial score (nSPS) is 50.0. The molecular weight excluding hydrogens is 332 g/mol. The van der Waals surface area contributed by atoms with Crippen molar-refractivity contribution in [2.75, 3.05) is 20.3 Å². The fraction of sp³-hybridized carbons (Fsp3) is 1.00. The summed E-state index contributed by atoms with van der Waals surface area (Å²) in [6.07, 6.45) is -14.4. The SMILES string of the molecule is CO[C@H]1O[C@H](CO)[C@H](O)[C@H](O[C@H]2O[C@H](CO)[C@H](O)[C@H](O)[C@@H]2O)[C@@H]1O. The minimum Gasteiger partial charge on any atom is -0.394 e. The Morgan fingerprint density at radius 1 is 0.708 bits per heavy atom. The lowest BCUT2D eigenvalue weighted by molar-refractivity contribution is -0.358. The van der Waals surface area contributed by atoms with Crippen molar-refractivity contribution in [2.24, 2.45) is 0 Å². The molecule has 0 aromatic heterocycles. The summed E-state index contributed by atoms with van der Waals surface area (Å²) in [5, 5.41) is 68.1. The lowest BCUT2D eigenvalue weighted by atomic mass is 9.97. The highest BCUT2D eigenvalue weighted by Gasteiger charge is 2.50. The first-order chi connectivity index (χ1) is 11.3. The van der Waals surface area contributed by atoms with Gasteiger partial charge in [-0.3, -0.25) is 0 Å². The Hall–Kier alpha value is -0.440. The van der Waals surface area contributed by atoms with Crippen LogP contribution in [0.1, 0.15) is 0 Å². The smallest absolute Gasteiger partial charge is 0.187 e. The van der Waals surface area contributed by atoms with Gasteiger partial charge in [0.25, 0.3) is 0 Å². The fourth-order valence-corrected chi connectivity index (χ4v) is 2.74. The first kappa shape index (κ1) is 19.9.